The zero-order chi connectivity index (χ0) is 13.8. The first-order valence-corrected chi connectivity index (χ1v) is 6.54. The third kappa shape index (κ3) is 3.41. The monoisotopic (exact) mass is 262 g/mol. The van der Waals surface area contributed by atoms with Crippen LogP contribution in [0.15, 0.2) is 30.3 Å². The van der Waals surface area contributed by atoms with Crippen molar-refractivity contribution in [1.82, 2.24) is 4.90 Å². The van der Waals surface area contributed by atoms with Crippen LogP contribution in [0, 0.1) is 11.7 Å². The van der Waals surface area contributed by atoms with E-state index in [0.29, 0.717) is 12.5 Å². The van der Waals surface area contributed by atoms with Gasteiger partial charge in [-0.2, -0.15) is 0 Å². The first-order chi connectivity index (χ1) is 9.10. The van der Waals surface area contributed by atoms with Crippen molar-refractivity contribution in [3.63, 3.8) is 0 Å². The van der Waals surface area contributed by atoms with Gasteiger partial charge in [0.15, 0.2) is 0 Å². The molecule has 2 N–H and O–H groups in total. The quantitative estimate of drug-likeness (QED) is 0.847. The van der Waals surface area contributed by atoms with Gasteiger partial charge in [0, 0.05) is 18.7 Å². The summed E-state index contributed by atoms with van der Waals surface area (Å²) in [5, 5.41) is 0. The van der Waals surface area contributed by atoms with Crippen LogP contribution < -0.4 is 5.73 Å². The molecular weight excluding hydrogens is 243 g/mol. The molecule has 0 bridgehead atoms. The van der Waals surface area contributed by atoms with E-state index in [-0.39, 0.29) is 17.8 Å². The Morgan fingerprint density at radius 2 is 2.16 bits per heavy atom. The van der Waals surface area contributed by atoms with Crippen molar-refractivity contribution in [3.8, 4) is 0 Å². The molecule has 1 fully saturated rings. The molecule has 1 aliphatic heterocycles. The van der Waals surface area contributed by atoms with Crippen molar-refractivity contribution in [2.45, 2.75) is 19.4 Å². The lowest BCUT2D eigenvalue weighted by atomic mass is 10.1. The maximum atomic E-state index is 12.8. The van der Waals surface area contributed by atoms with Gasteiger partial charge in [-0.3, -0.25) is 4.79 Å². The number of hydrogen-bond donors (Lipinski definition) is 1. The Morgan fingerprint density at radius 3 is 2.74 bits per heavy atom. The molecule has 102 valence electrons. The van der Waals surface area contributed by atoms with Crippen molar-refractivity contribution in [2.75, 3.05) is 13.1 Å². The summed E-state index contributed by atoms with van der Waals surface area (Å²) in [5.74, 6) is 0.119. The highest BCUT2D eigenvalue weighted by molar-refractivity contribution is 5.92. The Labute approximate surface area is 112 Å². The Bertz CT molecular complexity index is 470. The molecular formula is C15H19FN2O. The highest BCUT2D eigenvalue weighted by atomic mass is 19.1. The lowest BCUT2D eigenvalue weighted by molar-refractivity contribution is -0.126. The Balaban J connectivity index is 1.99. The predicted octanol–water partition coefficient (Wildman–Crippen LogP) is 2.03. The van der Waals surface area contributed by atoms with Gasteiger partial charge < -0.3 is 10.6 Å². The lowest BCUT2D eigenvalue weighted by Gasteiger charge is -2.19. The number of rotatable bonds is 3. The first-order valence-electron chi connectivity index (χ1n) is 6.54. The van der Waals surface area contributed by atoms with Crippen molar-refractivity contribution in [3.05, 3.63) is 41.7 Å². The molecule has 1 aliphatic rings. The minimum Gasteiger partial charge on any atom is -0.336 e. The number of benzene rings is 1. The summed E-state index contributed by atoms with van der Waals surface area (Å²) in [6.45, 7) is 3.39. The van der Waals surface area contributed by atoms with Gasteiger partial charge in [0.1, 0.15) is 5.82 Å². The molecule has 19 heavy (non-hydrogen) atoms. The molecule has 1 saturated heterocycles. The number of amides is 1. The second kappa shape index (κ2) is 5.97. The van der Waals surface area contributed by atoms with Crippen LogP contribution in [0.2, 0.25) is 0 Å². The molecule has 4 heteroatoms. The van der Waals surface area contributed by atoms with E-state index in [1.54, 1.807) is 24.3 Å². The summed E-state index contributed by atoms with van der Waals surface area (Å²) < 4.78 is 12.8. The van der Waals surface area contributed by atoms with E-state index in [2.05, 4.69) is 0 Å². The van der Waals surface area contributed by atoms with E-state index in [4.69, 9.17) is 5.73 Å². The molecule has 0 spiro atoms. The minimum atomic E-state index is -0.276. The van der Waals surface area contributed by atoms with Gasteiger partial charge in [-0.1, -0.05) is 12.1 Å². The summed E-state index contributed by atoms with van der Waals surface area (Å²) in [5.41, 5.74) is 6.46. The van der Waals surface area contributed by atoms with Gasteiger partial charge in [-0.05, 0) is 49.6 Å². The van der Waals surface area contributed by atoms with Gasteiger partial charge >= 0.3 is 0 Å². The number of carbonyl (C=O) groups excluding carboxylic acids is 1. The van der Waals surface area contributed by atoms with E-state index in [1.165, 1.54) is 12.1 Å². The zero-order valence-electron chi connectivity index (χ0n) is 11.1. The Hall–Kier alpha value is -1.68. The van der Waals surface area contributed by atoms with Gasteiger partial charge in [0.25, 0.3) is 0 Å². The third-order valence-electron chi connectivity index (χ3n) is 3.57. The molecule has 1 amide bonds. The van der Waals surface area contributed by atoms with Crippen LogP contribution in [-0.2, 0) is 4.79 Å². The highest BCUT2D eigenvalue weighted by Gasteiger charge is 2.30. The second-order valence-electron chi connectivity index (χ2n) is 5.06. The van der Waals surface area contributed by atoms with Gasteiger partial charge in [-0.25, -0.2) is 4.39 Å². The van der Waals surface area contributed by atoms with E-state index in [0.717, 1.165) is 18.5 Å². The van der Waals surface area contributed by atoms with E-state index >= 15 is 0 Å². The maximum absolute atomic E-state index is 12.8. The largest absolute Gasteiger partial charge is 0.336 e. The number of halogens is 1. The first kappa shape index (κ1) is 13.7. The fourth-order valence-electron chi connectivity index (χ4n) is 2.46. The average molecular weight is 262 g/mol. The molecule has 1 aromatic rings. The molecule has 0 aliphatic carbocycles. The van der Waals surface area contributed by atoms with Crippen molar-refractivity contribution in [2.24, 2.45) is 11.7 Å². The van der Waals surface area contributed by atoms with Crippen LogP contribution in [0.4, 0.5) is 4.39 Å². The predicted molar refractivity (Wildman–Crippen MR) is 73.8 cm³/mol. The van der Waals surface area contributed by atoms with Gasteiger partial charge in [-0.15, -0.1) is 0 Å². The normalized spacial score (nSPS) is 23.2. The molecule has 2 rings (SSSR count). The van der Waals surface area contributed by atoms with E-state index in [1.807, 2.05) is 11.8 Å². The highest BCUT2D eigenvalue weighted by Crippen LogP contribution is 2.22. The summed E-state index contributed by atoms with van der Waals surface area (Å²) in [4.78, 5) is 13.9. The van der Waals surface area contributed by atoms with Crippen LogP contribution in [-0.4, -0.2) is 29.9 Å². The van der Waals surface area contributed by atoms with Crippen LogP contribution in [0.3, 0.4) is 0 Å². The third-order valence-corrected chi connectivity index (χ3v) is 3.57. The average Bonchev–Trinajstić information content (AvgIpc) is 2.79. The van der Waals surface area contributed by atoms with Crippen molar-refractivity contribution in [1.29, 1.82) is 0 Å². The summed E-state index contributed by atoms with van der Waals surface area (Å²) in [6.07, 6.45) is 4.22. The molecule has 3 nitrogen and oxygen atoms in total. The van der Waals surface area contributed by atoms with Crippen molar-refractivity contribution >= 4 is 12.0 Å². The molecule has 0 aromatic heterocycles. The maximum Gasteiger partial charge on any atom is 0.246 e. The van der Waals surface area contributed by atoms with Crippen molar-refractivity contribution < 1.29 is 9.18 Å². The fraction of sp³-hybridized carbons (Fsp3) is 0.400. The topological polar surface area (TPSA) is 46.3 Å². The number of nitrogens with zero attached hydrogens (tertiary/aromatic N) is 1. The van der Waals surface area contributed by atoms with Gasteiger partial charge in [0.2, 0.25) is 5.91 Å². The number of hydrogen-bond acceptors (Lipinski definition) is 2. The number of nitrogens with two attached hydrogens (primary N) is 1. The van der Waals surface area contributed by atoms with Crippen LogP contribution in [0.5, 0.6) is 0 Å². The van der Waals surface area contributed by atoms with Gasteiger partial charge in [0.05, 0.1) is 0 Å². The second-order valence-corrected chi connectivity index (χ2v) is 5.06. The minimum absolute atomic E-state index is 0.00669. The van der Waals surface area contributed by atoms with Crippen LogP contribution in [0.25, 0.3) is 6.08 Å². The van der Waals surface area contributed by atoms with Crippen LogP contribution >= 0.6 is 0 Å². The van der Waals surface area contributed by atoms with E-state index < -0.39 is 0 Å². The smallest absolute Gasteiger partial charge is 0.246 e. The standard InChI is InChI=1S/C15H19FN2O/c1-11-8-13(9-17)10-18(11)15(19)7-4-12-2-5-14(16)6-3-12/h2-7,11,13H,8-10,17H2,1H3/b7-4+. The summed E-state index contributed by atoms with van der Waals surface area (Å²) >= 11 is 0. The SMILES string of the molecule is CC1CC(CN)CN1C(=O)/C=C/c1ccc(F)cc1. The molecule has 0 saturated carbocycles. The lowest BCUT2D eigenvalue weighted by Crippen LogP contribution is -2.33. The summed E-state index contributed by atoms with van der Waals surface area (Å²) in [6, 6.07) is 6.30. The van der Waals surface area contributed by atoms with E-state index in [9.17, 15) is 9.18 Å². The molecule has 0 radical (unpaired) electrons. The molecule has 1 heterocycles. The number of likely N-dealkylation sites (tertiary alicyclic amines) is 1. The van der Waals surface area contributed by atoms with Crippen LogP contribution in [0.1, 0.15) is 18.9 Å². The zero-order valence-corrected chi connectivity index (χ0v) is 11.1. The summed E-state index contributed by atoms with van der Waals surface area (Å²) in [7, 11) is 0. The fourth-order valence-corrected chi connectivity index (χ4v) is 2.46. The molecule has 2 unspecified atom stereocenters. The molecule has 1 aromatic carbocycles. The number of carbonyl (C=O) groups is 1. The molecule has 2 atom stereocenters. The Morgan fingerprint density at radius 1 is 1.47 bits per heavy atom. The Kier molecular flexibility index (Phi) is 4.32.